The lowest BCUT2D eigenvalue weighted by Gasteiger charge is -1.95. The predicted molar refractivity (Wildman–Crippen MR) is 56.7 cm³/mol. The van der Waals surface area contributed by atoms with Crippen LogP contribution in [0, 0.1) is 6.92 Å². The molecule has 1 heteroatoms. The van der Waals surface area contributed by atoms with E-state index in [4.69, 9.17) is 0 Å². The molecule has 0 unspecified atom stereocenters. The normalized spacial score (nSPS) is 8.10. The maximum absolute atomic E-state index is 3.69. The van der Waals surface area contributed by atoms with Crippen molar-refractivity contribution in [2.45, 2.75) is 6.92 Å². The van der Waals surface area contributed by atoms with Gasteiger partial charge in [0.15, 0.2) is 0 Å². The molecule has 0 aromatic heterocycles. The highest BCUT2D eigenvalue weighted by molar-refractivity contribution is 14.0. The molecule has 1 aromatic carbocycles. The summed E-state index contributed by atoms with van der Waals surface area (Å²) in [4.78, 5) is 0. The van der Waals surface area contributed by atoms with Crippen LogP contribution >= 0.6 is 24.0 Å². The van der Waals surface area contributed by atoms with Crippen molar-refractivity contribution in [2.75, 3.05) is 0 Å². The summed E-state index contributed by atoms with van der Waals surface area (Å²) in [6.45, 7) is 5.77. The maximum Gasteiger partial charge on any atom is -0.0233 e. The maximum atomic E-state index is 3.69. The molecule has 0 nitrogen and oxygen atoms in total. The highest BCUT2D eigenvalue weighted by Gasteiger charge is 1.86. The molecule has 0 fully saturated rings. The first kappa shape index (κ1) is 9.69. The van der Waals surface area contributed by atoms with Crippen molar-refractivity contribution < 1.29 is 0 Å². The van der Waals surface area contributed by atoms with Crippen LogP contribution in [0.5, 0.6) is 0 Å². The van der Waals surface area contributed by atoms with Gasteiger partial charge in [-0.2, -0.15) is 0 Å². The Morgan fingerprint density at radius 2 is 1.90 bits per heavy atom. The molecule has 0 radical (unpaired) electrons. The van der Waals surface area contributed by atoms with Crippen LogP contribution in [0.2, 0.25) is 0 Å². The van der Waals surface area contributed by atoms with Crippen molar-refractivity contribution >= 4 is 30.1 Å². The quantitative estimate of drug-likeness (QED) is 0.667. The summed E-state index contributed by atoms with van der Waals surface area (Å²) in [5.41, 5.74) is 2.50. The number of aryl methyl sites for hydroxylation is 1. The molecule has 1 rings (SSSR count). The zero-order chi connectivity index (χ0) is 6.69. The van der Waals surface area contributed by atoms with Gasteiger partial charge in [0, 0.05) is 0 Å². The third-order valence-electron chi connectivity index (χ3n) is 1.41. The van der Waals surface area contributed by atoms with E-state index in [9.17, 15) is 0 Å². The van der Waals surface area contributed by atoms with Crippen molar-refractivity contribution in [1.29, 1.82) is 0 Å². The summed E-state index contributed by atoms with van der Waals surface area (Å²) in [5, 5.41) is 0. The van der Waals surface area contributed by atoms with E-state index in [1.54, 1.807) is 0 Å². The SMILES string of the molecule is C=Cc1ccccc1C.I. The van der Waals surface area contributed by atoms with Crippen LogP contribution in [-0.4, -0.2) is 0 Å². The van der Waals surface area contributed by atoms with Gasteiger partial charge in [0.25, 0.3) is 0 Å². The molecule has 0 aliphatic rings. The fourth-order valence-electron chi connectivity index (χ4n) is 0.816. The molecule has 0 aliphatic heterocycles. The molecule has 0 atom stereocenters. The molecule has 0 saturated heterocycles. The van der Waals surface area contributed by atoms with Crippen LogP contribution in [-0.2, 0) is 0 Å². The number of rotatable bonds is 1. The van der Waals surface area contributed by atoms with E-state index in [2.05, 4.69) is 25.6 Å². The topological polar surface area (TPSA) is 0 Å². The average molecular weight is 246 g/mol. The fourth-order valence-corrected chi connectivity index (χ4v) is 0.816. The smallest absolute Gasteiger partial charge is 0.0233 e. The van der Waals surface area contributed by atoms with Gasteiger partial charge >= 0.3 is 0 Å². The Morgan fingerprint density at radius 1 is 1.30 bits per heavy atom. The van der Waals surface area contributed by atoms with Gasteiger partial charge in [0.2, 0.25) is 0 Å². The summed E-state index contributed by atoms with van der Waals surface area (Å²) < 4.78 is 0. The summed E-state index contributed by atoms with van der Waals surface area (Å²) in [6, 6.07) is 8.19. The highest BCUT2D eigenvalue weighted by atomic mass is 127. The van der Waals surface area contributed by atoms with Gasteiger partial charge in [0.05, 0.1) is 0 Å². The van der Waals surface area contributed by atoms with Crippen molar-refractivity contribution in [3.63, 3.8) is 0 Å². The molecule has 0 heterocycles. The summed E-state index contributed by atoms with van der Waals surface area (Å²) in [5.74, 6) is 0. The Hall–Kier alpha value is -0.310. The fraction of sp³-hybridized carbons (Fsp3) is 0.111. The van der Waals surface area contributed by atoms with Gasteiger partial charge < -0.3 is 0 Å². The van der Waals surface area contributed by atoms with E-state index in [0.29, 0.717) is 0 Å². The zero-order valence-electron chi connectivity index (χ0n) is 6.00. The Labute approximate surface area is 79.0 Å². The summed E-state index contributed by atoms with van der Waals surface area (Å²) in [6.07, 6.45) is 1.87. The first-order chi connectivity index (χ1) is 4.34. The minimum absolute atomic E-state index is 0. The molecule has 1 aromatic rings. The largest absolute Gasteiger partial charge is 0.107 e. The van der Waals surface area contributed by atoms with Crippen molar-refractivity contribution in [3.8, 4) is 0 Å². The first-order valence-electron chi connectivity index (χ1n) is 3.02. The van der Waals surface area contributed by atoms with Crippen LogP contribution in [0.3, 0.4) is 0 Å². The average Bonchev–Trinajstić information content (AvgIpc) is 1.89. The molecule has 0 spiro atoms. The van der Waals surface area contributed by atoms with Gasteiger partial charge in [-0.05, 0) is 18.1 Å². The van der Waals surface area contributed by atoms with Gasteiger partial charge in [-0.25, -0.2) is 0 Å². The number of hydrogen-bond acceptors (Lipinski definition) is 0. The van der Waals surface area contributed by atoms with Crippen molar-refractivity contribution in [1.82, 2.24) is 0 Å². The Bertz CT molecular complexity index is 216. The standard InChI is InChI=1S/C9H10.HI/c1-3-9-7-5-4-6-8(9)2;/h3-7H,1H2,2H3;1H. The minimum Gasteiger partial charge on any atom is -0.107 e. The van der Waals surface area contributed by atoms with E-state index >= 15 is 0 Å². The highest BCUT2D eigenvalue weighted by Crippen LogP contribution is 2.06. The lowest BCUT2D eigenvalue weighted by molar-refractivity contribution is 1.45. The third kappa shape index (κ3) is 2.14. The first-order valence-corrected chi connectivity index (χ1v) is 3.02. The Balaban J connectivity index is 0.000000810. The van der Waals surface area contributed by atoms with Crippen LogP contribution in [0.25, 0.3) is 6.08 Å². The van der Waals surface area contributed by atoms with Gasteiger partial charge in [0.1, 0.15) is 0 Å². The van der Waals surface area contributed by atoms with Crippen LogP contribution in [0.1, 0.15) is 11.1 Å². The molecule has 0 saturated carbocycles. The second-order valence-corrected chi connectivity index (χ2v) is 2.06. The molecular weight excluding hydrogens is 235 g/mol. The Morgan fingerprint density at radius 3 is 2.30 bits per heavy atom. The van der Waals surface area contributed by atoms with E-state index in [0.717, 1.165) is 0 Å². The molecular formula is C9H11I. The second kappa shape index (κ2) is 4.50. The van der Waals surface area contributed by atoms with E-state index in [-0.39, 0.29) is 24.0 Å². The third-order valence-corrected chi connectivity index (χ3v) is 1.41. The second-order valence-electron chi connectivity index (χ2n) is 2.06. The van der Waals surface area contributed by atoms with Gasteiger partial charge in [-0.1, -0.05) is 36.9 Å². The van der Waals surface area contributed by atoms with E-state index in [1.165, 1.54) is 11.1 Å². The molecule has 0 aliphatic carbocycles. The lowest BCUT2D eigenvalue weighted by Crippen LogP contribution is -1.75. The number of halogens is 1. The molecule has 0 amide bonds. The lowest BCUT2D eigenvalue weighted by atomic mass is 10.1. The summed E-state index contributed by atoms with van der Waals surface area (Å²) in [7, 11) is 0. The minimum atomic E-state index is 0. The van der Waals surface area contributed by atoms with Crippen LogP contribution < -0.4 is 0 Å². The molecule has 10 heavy (non-hydrogen) atoms. The van der Waals surface area contributed by atoms with Crippen molar-refractivity contribution in [2.24, 2.45) is 0 Å². The monoisotopic (exact) mass is 246 g/mol. The summed E-state index contributed by atoms with van der Waals surface area (Å²) >= 11 is 0. The Kier molecular flexibility index (Phi) is 4.36. The molecule has 54 valence electrons. The van der Waals surface area contributed by atoms with Gasteiger partial charge in [-0.15, -0.1) is 24.0 Å². The van der Waals surface area contributed by atoms with E-state index < -0.39 is 0 Å². The molecule has 0 bridgehead atoms. The van der Waals surface area contributed by atoms with Crippen LogP contribution in [0.15, 0.2) is 30.8 Å². The van der Waals surface area contributed by atoms with Gasteiger partial charge in [-0.3, -0.25) is 0 Å². The zero-order valence-corrected chi connectivity index (χ0v) is 8.33. The number of hydrogen-bond donors (Lipinski definition) is 0. The van der Waals surface area contributed by atoms with E-state index in [1.807, 2.05) is 18.2 Å². The van der Waals surface area contributed by atoms with Crippen molar-refractivity contribution in [3.05, 3.63) is 42.0 Å². The molecule has 0 N–H and O–H groups in total. The van der Waals surface area contributed by atoms with Crippen LogP contribution in [0.4, 0.5) is 0 Å². The predicted octanol–water partition coefficient (Wildman–Crippen LogP) is 3.26. The number of benzene rings is 1.